The van der Waals surface area contributed by atoms with Gasteiger partial charge in [-0.05, 0) is 31.6 Å². The van der Waals surface area contributed by atoms with E-state index in [0.717, 1.165) is 30.4 Å². The van der Waals surface area contributed by atoms with E-state index in [1.807, 2.05) is 7.05 Å². The van der Waals surface area contributed by atoms with Crippen LogP contribution in [0.25, 0.3) is 0 Å². The first-order chi connectivity index (χ1) is 8.74. The van der Waals surface area contributed by atoms with Crippen molar-refractivity contribution in [3.8, 4) is 0 Å². The second-order valence-corrected chi connectivity index (χ2v) is 5.31. The molecule has 0 saturated heterocycles. The number of nitrogens with one attached hydrogen (secondary N) is 2. The summed E-state index contributed by atoms with van der Waals surface area (Å²) in [5.41, 5.74) is 1.22. The molecule has 2 rings (SSSR count). The van der Waals surface area contributed by atoms with Gasteiger partial charge in [0, 0.05) is 18.7 Å². The molecule has 0 radical (unpaired) electrons. The van der Waals surface area contributed by atoms with Crippen molar-refractivity contribution >= 4 is 11.6 Å². The number of anilines is 2. The normalized spacial score (nSPS) is 23.1. The van der Waals surface area contributed by atoms with Crippen LogP contribution >= 0.6 is 0 Å². The van der Waals surface area contributed by atoms with E-state index in [2.05, 4.69) is 34.4 Å². The van der Waals surface area contributed by atoms with E-state index in [4.69, 9.17) is 0 Å². The van der Waals surface area contributed by atoms with Gasteiger partial charge in [-0.2, -0.15) is 0 Å². The summed E-state index contributed by atoms with van der Waals surface area (Å²) >= 11 is 0. The summed E-state index contributed by atoms with van der Waals surface area (Å²) in [6.45, 7) is 4.52. The first kappa shape index (κ1) is 13.1. The summed E-state index contributed by atoms with van der Waals surface area (Å²) in [4.78, 5) is 8.74. The molecule has 4 heteroatoms. The fraction of sp³-hybridized carbons (Fsp3) is 0.714. The zero-order valence-corrected chi connectivity index (χ0v) is 11.7. The zero-order chi connectivity index (χ0) is 13.0. The summed E-state index contributed by atoms with van der Waals surface area (Å²) in [6.07, 6.45) is 7.60. The van der Waals surface area contributed by atoms with Crippen molar-refractivity contribution in [2.75, 3.05) is 17.7 Å². The van der Waals surface area contributed by atoms with E-state index in [1.165, 1.54) is 24.8 Å². The van der Waals surface area contributed by atoms with E-state index < -0.39 is 0 Å². The van der Waals surface area contributed by atoms with Crippen LogP contribution in [0.15, 0.2) is 6.33 Å². The van der Waals surface area contributed by atoms with E-state index >= 15 is 0 Å². The third-order valence-electron chi connectivity index (χ3n) is 3.72. The minimum Gasteiger partial charge on any atom is -0.373 e. The van der Waals surface area contributed by atoms with Crippen LogP contribution in [0.1, 0.15) is 45.1 Å². The molecule has 1 heterocycles. The minimum absolute atomic E-state index is 0.579. The molecule has 1 saturated carbocycles. The molecule has 0 spiro atoms. The number of rotatable bonds is 5. The molecule has 1 aromatic rings. The molecule has 0 amide bonds. The van der Waals surface area contributed by atoms with Gasteiger partial charge >= 0.3 is 0 Å². The van der Waals surface area contributed by atoms with Crippen molar-refractivity contribution in [2.45, 2.75) is 52.0 Å². The van der Waals surface area contributed by atoms with Crippen LogP contribution in [0.2, 0.25) is 0 Å². The molecule has 2 N–H and O–H groups in total. The van der Waals surface area contributed by atoms with E-state index in [1.54, 1.807) is 6.33 Å². The summed E-state index contributed by atoms with van der Waals surface area (Å²) in [5.74, 6) is 2.82. The van der Waals surface area contributed by atoms with Crippen LogP contribution < -0.4 is 10.6 Å². The monoisotopic (exact) mass is 248 g/mol. The molecule has 1 aliphatic carbocycles. The van der Waals surface area contributed by atoms with E-state index in [9.17, 15) is 0 Å². The molecule has 0 aliphatic heterocycles. The topological polar surface area (TPSA) is 49.8 Å². The lowest BCUT2D eigenvalue weighted by atomic mass is 10.1. The largest absolute Gasteiger partial charge is 0.373 e. The summed E-state index contributed by atoms with van der Waals surface area (Å²) in [6, 6.07) is 0.579. The predicted molar refractivity (Wildman–Crippen MR) is 76.0 cm³/mol. The fourth-order valence-electron chi connectivity index (χ4n) is 2.77. The second-order valence-electron chi connectivity index (χ2n) is 5.31. The Bertz CT molecular complexity index is 391. The van der Waals surface area contributed by atoms with Gasteiger partial charge in [0.05, 0.1) is 0 Å². The van der Waals surface area contributed by atoms with Crippen molar-refractivity contribution in [2.24, 2.45) is 5.92 Å². The highest BCUT2D eigenvalue weighted by Crippen LogP contribution is 2.29. The number of hydrogen-bond acceptors (Lipinski definition) is 4. The minimum atomic E-state index is 0.579. The number of hydrogen-bond donors (Lipinski definition) is 2. The maximum absolute atomic E-state index is 4.43. The Morgan fingerprint density at radius 3 is 2.67 bits per heavy atom. The standard InChI is InChI=1S/C14H24N4/c1-4-5-12-13(15-3)16-9-17-14(12)18-11-7-6-10(2)8-11/h9-11H,4-8H2,1-3H3,(H2,15,16,17,18). The van der Waals surface area contributed by atoms with Crippen LogP contribution in [0, 0.1) is 5.92 Å². The quantitative estimate of drug-likeness (QED) is 0.841. The first-order valence-corrected chi connectivity index (χ1v) is 7.02. The lowest BCUT2D eigenvalue weighted by Crippen LogP contribution is -2.18. The maximum atomic E-state index is 4.43. The molecule has 2 unspecified atom stereocenters. The zero-order valence-electron chi connectivity index (χ0n) is 11.7. The van der Waals surface area contributed by atoms with Crippen molar-refractivity contribution in [1.29, 1.82) is 0 Å². The Kier molecular flexibility index (Phi) is 4.39. The second kappa shape index (κ2) is 6.03. The highest BCUT2D eigenvalue weighted by molar-refractivity contribution is 5.57. The van der Waals surface area contributed by atoms with Crippen molar-refractivity contribution < 1.29 is 0 Å². The van der Waals surface area contributed by atoms with E-state index in [0.29, 0.717) is 6.04 Å². The fourth-order valence-corrected chi connectivity index (χ4v) is 2.77. The van der Waals surface area contributed by atoms with Gasteiger partial charge < -0.3 is 10.6 Å². The molecule has 18 heavy (non-hydrogen) atoms. The molecular weight excluding hydrogens is 224 g/mol. The Labute approximate surface area is 110 Å². The predicted octanol–water partition coefficient (Wildman–Crippen LogP) is 3.07. The molecule has 100 valence electrons. The van der Waals surface area contributed by atoms with E-state index in [-0.39, 0.29) is 0 Å². The molecule has 0 bridgehead atoms. The highest BCUT2D eigenvalue weighted by Gasteiger charge is 2.22. The highest BCUT2D eigenvalue weighted by atomic mass is 15.1. The molecule has 2 atom stereocenters. The average Bonchev–Trinajstić information content (AvgIpc) is 2.77. The third-order valence-corrected chi connectivity index (χ3v) is 3.72. The van der Waals surface area contributed by atoms with Crippen molar-refractivity contribution in [3.05, 3.63) is 11.9 Å². The maximum Gasteiger partial charge on any atom is 0.134 e. The molecular formula is C14H24N4. The number of aromatic nitrogens is 2. The Balaban J connectivity index is 2.15. The van der Waals surface area contributed by atoms with Crippen molar-refractivity contribution in [3.63, 3.8) is 0 Å². The molecule has 1 aromatic heterocycles. The van der Waals surface area contributed by atoms with Gasteiger partial charge in [0.25, 0.3) is 0 Å². The Morgan fingerprint density at radius 1 is 1.28 bits per heavy atom. The lowest BCUT2D eigenvalue weighted by Gasteiger charge is -2.17. The average molecular weight is 248 g/mol. The van der Waals surface area contributed by atoms with Gasteiger partial charge in [-0.15, -0.1) is 0 Å². The summed E-state index contributed by atoms with van der Waals surface area (Å²) < 4.78 is 0. The first-order valence-electron chi connectivity index (χ1n) is 7.02. The molecule has 0 aromatic carbocycles. The van der Waals surface area contributed by atoms with Crippen molar-refractivity contribution in [1.82, 2.24) is 9.97 Å². The Morgan fingerprint density at radius 2 is 2.06 bits per heavy atom. The molecule has 1 aliphatic rings. The van der Waals surface area contributed by atoms with Gasteiger partial charge in [-0.3, -0.25) is 0 Å². The van der Waals surface area contributed by atoms with Crippen LogP contribution in [0.3, 0.4) is 0 Å². The Hall–Kier alpha value is -1.32. The molecule has 4 nitrogen and oxygen atoms in total. The lowest BCUT2D eigenvalue weighted by molar-refractivity contribution is 0.602. The van der Waals surface area contributed by atoms with Crippen LogP contribution in [-0.2, 0) is 6.42 Å². The smallest absolute Gasteiger partial charge is 0.134 e. The van der Waals surface area contributed by atoms with Gasteiger partial charge in [-0.25, -0.2) is 9.97 Å². The van der Waals surface area contributed by atoms with Gasteiger partial charge in [0.1, 0.15) is 18.0 Å². The van der Waals surface area contributed by atoms with Gasteiger partial charge in [0.15, 0.2) is 0 Å². The van der Waals surface area contributed by atoms with Crippen LogP contribution in [0.5, 0.6) is 0 Å². The van der Waals surface area contributed by atoms with Crippen LogP contribution in [0.4, 0.5) is 11.6 Å². The van der Waals surface area contributed by atoms with Gasteiger partial charge in [-0.1, -0.05) is 20.3 Å². The number of nitrogens with zero attached hydrogens (tertiary/aromatic N) is 2. The summed E-state index contributed by atoms with van der Waals surface area (Å²) in [7, 11) is 1.92. The molecule has 1 fully saturated rings. The SMILES string of the molecule is CCCc1c(NC)ncnc1NC1CCC(C)C1. The van der Waals surface area contributed by atoms with Crippen LogP contribution in [-0.4, -0.2) is 23.1 Å². The third kappa shape index (κ3) is 2.92. The van der Waals surface area contributed by atoms with Gasteiger partial charge in [0.2, 0.25) is 0 Å². The summed E-state index contributed by atoms with van der Waals surface area (Å²) in [5, 5.41) is 6.77.